The van der Waals surface area contributed by atoms with E-state index in [4.69, 9.17) is 15.0 Å². The highest BCUT2D eigenvalue weighted by atomic mass is 31.2. The summed E-state index contributed by atoms with van der Waals surface area (Å²) < 4.78 is 10.5. The van der Waals surface area contributed by atoms with Crippen LogP contribution in [0.1, 0.15) is 19.3 Å². The Balaban J connectivity index is 2.39. The predicted molar refractivity (Wildman–Crippen MR) is 43.2 cm³/mol. The van der Waals surface area contributed by atoms with Gasteiger partial charge in [-0.25, -0.2) is 5.06 Å². The van der Waals surface area contributed by atoms with Gasteiger partial charge in [0.15, 0.2) is 0 Å². The minimum Gasteiger partial charge on any atom is -0.324 e. The summed E-state index contributed by atoms with van der Waals surface area (Å²) in [6.07, 6.45) is 0.576. The lowest BCUT2D eigenvalue weighted by atomic mass is 10.2. The largest absolute Gasteiger partial charge is 0.325 e. The van der Waals surface area contributed by atoms with E-state index in [2.05, 4.69) is 0 Å². The van der Waals surface area contributed by atoms with Crippen LogP contribution in [0.15, 0.2) is 0 Å². The third-order valence-corrected chi connectivity index (χ3v) is 2.89. The zero-order valence-corrected chi connectivity index (χ0v) is 7.85. The van der Waals surface area contributed by atoms with E-state index in [-0.39, 0.29) is 24.9 Å². The standard InChI is InChI=1S/C6H12NO5P/c8-6-2-1-5(7(6)9)3-4-13(10,11)12/h5,9H,1-4H2,(H2,10,11,12). The fourth-order valence-electron chi connectivity index (χ4n) is 1.31. The first kappa shape index (κ1) is 10.7. The Morgan fingerprint density at radius 3 is 2.54 bits per heavy atom. The van der Waals surface area contributed by atoms with E-state index in [1.54, 1.807) is 0 Å². The molecule has 1 rings (SSSR count). The number of hydroxylamine groups is 2. The van der Waals surface area contributed by atoms with Crippen LogP contribution in [0.5, 0.6) is 0 Å². The van der Waals surface area contributed by atoms with Gasteiger partial charge in [0.05, 0.1) is 12.2 Å². The quantitative estimate of drug-likeness (QED) is 0.446. The topological polar surface area (TPSA) is 98.1 Å². The first-order chi connectivity index (χ1) is 5.90. The molecule has 1 saturated heterocycles. The third kappa shape index (κ3) is 3.08. The van der Waals surface area contributed by atoms with E-state index < -0.39 is 13.6 Å². The molecule has 3 N–H and O–H groups in total. The van der Waals surface area contributed by atoms with Gasteiger partial charge >= 0.3 is 7.60 Å². The van der Waals surface area contributed by atoms with E-state index in [0.29, 0.717) is 11.5 Å². The SMILES string of the molecule is O=C1CCC(CCP(=O)(O)O)N1O. The lowest BCUT2D eigenvalue weighted by Crippen LogP contribution is -2.29. The molecule has 0 aromatic heterocycles. The van der Waals surface area contributed by atoms with E-state index in [9.17, 15) is 9.36 Å². The van der Waals surface area contributed by atoms with Crippen LogP contribution in [0.4, 0.5) is 0 Å². The molecular weight excluding hydrogens is 197 g/mol. The van der Waals surface area contributed by atoms with Crippen molar-refractivity contribution in [2.45, 2.75) is 25.3 Å². The van der Waals surface area contributed by atoms with Crippen molar-refractivity contribution in [3.05, 3.63) is 0 Å². The number of nitrogens with zero attached hydrogens (tertiary/aromatic N) is 1. The van der Waals surface area contributed by atoms with Gasteiger partial charge < -0.3 is 9.79 Å². The van der Waals surface area contributed by atoms with Crippen molar-refractivity contribution < 1.29 is 24.4 Å². The molecule has 1 heterocycles. The first-order valence-electron chi connectivity index (χ1n) is 3.95. The van der Waals surface area contributed by atoms with Crippen LogP contribution in [-0.4, -0.2) is 38.2 Å². The van der Waals surface area contributed by atoms with Crippen molar-refractivity contribution in [1.29, 1.82) is 0 Å². The summed E-state index contributed by atoms with van der Waals surface area (Å²) in [5, 5.41) is 9.66. The lowest BCUT2D eigenvalue weighted by molar-refractivity contribution is -0.165. The van der Waals surface area contributed by atoms with Crippen LogP contribution in [0.3, 0.4) is 0 Å². The highest BCUT2D eigenvalue weighted by molar-refractivity contribution is 7.51. The predicted octanol–water partition coefficient (Wildman–Crippen LogP) is -0.0656. The molecule has 7 heteroatoms. The van der Waals surface area contributed by atoms with Gasteiger partial charge in [0.1, 0.15) is 0 Å². The maximum absolute atomic E-state index is 10.8. The van der Waals surface area contributed by atoms with Crippen LogP contribution in [0.2, 0.25) is 0 Å². The monoisotopic (exact) mass is 209 g/mol. The molecule has 76 valence electrons. The minimum atomic E-state index is -4.01. The summed E-state index contributed by atoms with van der Waals surface area (Å²) in [4.78, 5) is 27.9. The van der Waals surface area contributed by atoms with Gasteiger partial charge in [-0.3, -0.25) is 14.6 Å². The van der Waals surface area contributed by atoms with Crippen molar-refractivity contribution in [1.82, 2.24) is 5.06 Å². The summed E-state index contributed by atoms with van der Waals surface area (Å²) in [5.74, 6) is -0.379. The van der Waals surface area contributed by atoms with E-state index in [1.807, 2.05) is 0 Å². The Morgan fingerprint density at radius 1 is 1.54 bits per heavy atom. The Hall–Kier alpha value is -0.420. The molecule has 1 aliphatic heterocycles. The molecular formula is C6H12NO5P. The maximum Gasteiger partial charge on any atom is 0.325 e. The summed E-state index contributed by atoms with van der Waals surface area (Å²) >= 11 is 0. The molecule has 0 aromatic rings. The van der Waals surface area contributed by atoms with Gasteiger partial charge in [-0.05, 0) is 12.8 Å². The number of carbonyl (C=O) groups excluding carboxylic acids is 1. The number of hydrogen-bond donors (Lipinski definition) is 3. The Labute approximate surface area is 75.3 Å². The van der Waals surface area contributed by atoms with Gasteiger partial charge in [-0.1, -0.05) is 0 Å². The molecule has 1 fully saturated rings. The van der Waals surface area contributed by atoms with Crippen molar-refractivity contribution in [2.24, 2.45) is 0 Å². The fraction of sp³-hybridized carbons (Fsp3) is 0.833. The third-order valence-electron chi connectivity index (χ3n) is 2.05. The highest BCUT2D eigenvalue weighted by Crippen LogP contribution is 2.36. The second-order valence-electron chi connectivity index (χ2n) is 3.11. The molecule has 1 atom stereocenters. The zero-order valence-electron chi connectivity index (χ0n) is 6.96. The Kier molecular flexibility index (Phi) is 3.08. The summed E-state index contributed by atoms with van der Waals surface area (Å²) in [5.41, 5.74) is 0. The molecule has 13 heavy (non-hydrogen) atoms. The highest BCUT2D eigenvalue weighted by Gasteiger charge is 2.31. The van der Waals surface area contributed by atoms with Crippen LogP contribution in [0.25, 0.3) is 0 Å². The van der Waals surface area contributed by atoms with Gasteiger partial charge in [-0.2, -0.15) is 0 Å². The smallest absolute Gasteiger partial charge is 0.324 e. The molecule has 0 spiro atoms. The van der Waals surface area contributed by atoms with Gasteiger partial charge in [-0.15, -0.1) is 0 Å². The van der Waals surface area contributed by atoms with Gasteiger partial charge in [0.25, 0.3) is 0 Å². The second-order valence-corrected chi connectivity index (χ2v) is 4.88. The van der Waals surface area contributed by atoms with E-state index >= 15 is 0 Å². The van der Waals surface area contributed by atoms with Crippen LogP contribution >= 0.6 is 7.60 Å². The maximum atomic E-state index is 10.8. The van der Waals surface area contributed by atoms with E-state index in [1.165, 1.54) is 0 Å². The molecule has 1 unspecified atom stereocenters. The average Bonchev–Trinajstić information content (AvgIpc) is 2.29. The lowest BCUT2D eigenvalue weighted by Gasteiger charge is -2.17. The van der Waals surface area contributed by atoms with Crippen molar-refractivity contribution in [2.75, 3.05) is 6.16 Å². The average molecular weight is 209 g/mol. The molecule has 1 aliphatic rings. The first-order valence-corrected chi connectivity index (χ1v) is 5.75. The minimum absolute atomic E-state index is 0.145. The van der Waals surface area contributed by atoms with Crippen LogP contribution < -0.4 is 0 Å². The zero-order chi connectivity index (χ0) is 10.1. The van der Waals surface area contributed by atoms with Crippen molar-refractivity contribution in [3.63, 3.8) is 0 Å². The molecule has 6 nitrogen and oxygen atoms in total. The van der Waals surface area contributed by atoms with Crippen molar-refractivity contribution >= 4 is 13.5 Å². The summed E-state index contributed by atoms with van der Waals surface area (Å²) in [7, 11) is -4.01. The molecule has 1 amide bonds. The molecule has 0 aromatic carbocycles. The summed E-state index contributed by atoms with van der Waals surface area (Å²) in [6.45, 7) is 0. The summed E-state index contributed by atoms with van der Waals surface area (Å²) in [6, 6.07) is -0.430. The Bertz CT molecular complexity index is 249. The Morgan fingerprint density at radius 2 is 2.15 bits per heavy atom. The number of rotatable bonds is 3. The van der Waals surface area contributed by atoms with E-state index in [0.717, 1.165) is 0 Å². The molecule has 0 aliphatic carbocycles. The fourth-order valence-corrected chi connectivity index (χ4v) is 1.95. The van der Waals surface area contributed by atoms with Gasteiger partial charge in [0, 0.05) is 6.42 Å². The molecule has 0 saturated carbocycles. The number of carbonyl (C=O) groups is 1. The van der Waals surface area contributed by atoms with Crippen molar-refractivity contribution in [3.8, 4) is 0 Å². The number of hydrogen-bond acceptors (Lipinski definition) is 3. The van der Waals surface area contributed by atoms with Crippen LogP contribution in [-0.2, 0) is 9.36 Å². The molecule has 0 bridgehead atoms. The van der Waals surface area contributed by atoms with Crippen LogP contribution in [0, 0.1) is 0 Å². The van der Waals surface area contributed by atoms with Gasteiger partial charge in [0.2, 0.25) is 5.91 Å². The number of amides is 1. The normalized spacial score (nSPS) is 24.1. The second kappa shape index (κ2) is 3.75. The molecule has 0 radical (unpaired) electrons.